The normalized spacial score (nSPS) is 12.8. The van der Waals surface area contributed by atoms with E-state index in [9.17, 15) is 9.59 Å². The Kier molecular flexibility index (Phi) is 10.6. The van der Waals surface area contributed by atoms with Gasteiger partial charge in [-0.25, -0.2) is 4.79 Å². The van der Waals surface area contributed by atoms with E-state index in [1.807, 2.05) is 17.5 Å². The van der Waals surface area contributed by atoms with Crippen molar-refractivity contribution >= 4 is 35.7 Å². The summed E-state index contributed by atoms with van der Waals surface area (Å²) in [6.07, 6.45) is 3.11. The predicted molar refractivity (Wildman–Crippen MR) is 92.2 cm³/mol. The molecule has 0 fully saturated rings. The van der Waals surface area contributed by atoms with E-state index in [1.165, 1.54) is 11.3 Å². The minimum absolute atomic E-state index is 0. The standard InChI is InChI=1S/C14H24N4O2S.ClH/c1-2-3-5-10(9-15)17-13(19)8-11(18-14(16)20)12-6-4-7-21-12;/h4,6-7,10-11H,2-3,5,8-9,15H2,1H3,(H,17,19)(H3,16,18,20);1H. The number of unbranched alkanes of at least 4 members (excludes halogenated alkanes) is 1. The van der Waals surface area contributed by atoms with Crippen LogP contribution in [0.5, 0.6) is 0 Å². The maximum Gasteiger partial charge on any atom is 0.312 e. The SMILES string of the molecule is CCCCC(CN)NC(=O)CC(NC(N)=O)c1cccs1.Cl. The summed E-state index contributed by atoms with van der Waals surface area (Å²) >= 11 is 1.48. The Hall–Kier alpha value is -1.31. The van der Waals surface area contributed by atoms with Crippen molar-refractivity contribution in [3.63, 3.8) is 0 Å². The molecular weight excluding hydrogens is 324 g/mol. The topological polar surface area (TPSA) is 110 Å². The number of hydrogen-bond donors (Lipinski definition) is 4. The molecule has 2 unspecified atom stereocenters. The molecule has 126 valence electrons. The third-order valence-electron chi connectivity index (χ3n) is 3.15. The highest BCUT2D eigenvalue weighted by Crippen LogP contribution is 2.21. The van der Waals surface area contributed by atoms with Crippen LogP contribution in [0.4, 0.5) is 4.79 Å². The van der Waals surface area contributed by atoms with Gasteiger partial charge in [0.2, 0.25) is 5.91 Å². The van der Waals surface area contributed by atoms with Crippen molar-refractivity contribution in [3.8, 4) is 0 Å². The van der Waals surface area contributed by atoms with Crippen LogP contribution in [0, 0.1) is 0 Å². The van der Waals surface area contributed by atoms with Gasteiger partial charge in [0.15, 0.2) is 0 Å². The number of nitrogens with one attached hydrogen (secondary N) is 2. The van der Waals surface area contributed by atoms with Gasteiger partial charge in [-0.3, -0.25) is 4.79 Å². The molecule has 6 nitrogen and oxygen atoms in total. The van der Waals surface area contributed by atoms with E-state index in [0.717, 1.165) is 24.1 Å². The number of thiophene rings is 1. The van der Waals surface area contributed by atoms with Crippen LogP contribution in [-0.2, 0) is 4.79 Å². The van der Waals surface area contributed by atoms with Gasteiger partial charge in [0, 0.05) is 17.5 Å². The summed E-state index contributed by atoms with van der Waals surface area (Å²) in [7, 11) is 0. The average Bonchev–Trinajstić information content (AvgIpc) is 2.96. The van der Waals surface area contributed by atoms with Crippen LogP contribution in [0.15, 0.2) is 17.5 Å². The Morgan fingerprint density at radius 3 is 2.59 bits per heavy atom. The van der Waals surface area contributed by atoms with Gasteiger partial charge in [0.25, 0.3) is 0 Å². The van der Waals surface area contributed by atoms with Crippen molar-refractivity contribution in [2.24, 2.45) is 11.5 Å². The molecule has 0 bridgehead atoms. The zero-order valence-corrected chi connectivity index (χ0v) is 14.3. The molecule has 1 heterocycles. The summed E-state index contributed by atoms with van der Waals surface area (Å²) in [6.45, 7) is 2.51. The second-order valence-corrected chi connectivity index (χ2v) is 5.90. The molecule has 1 aromatic rings. The molecule has 0 saturated heterocycles. The second kappa shape index (κ2) is 11.3. The Morgan fingerprint density at radius 1 is 1.36 bits per heavy atom. The maximum atomic E-state index is 12.1. The Labute approximate surface area is 141 Å². The molecule has 0 saturated carbocycles. The van der Waals surface area contributed by atoms with E-state index in [4.69, 9.17) is 11.5 Å². The predicted octanol–water partition coefficient (Wildman–Crippen LogP) is 1.90. The number of hydrogen-bond acceptors (Lipinski definition) is 4. The monoisotopic (exact) mass is 348 g/mol. The summed E-state index contributed by atoms with van der Waals surface area (Å²) in [5.74, 6) is -0.131. The lowest BCUT2D eigenvalue weighted by molar-refractivity contribution is -0.122. The first kappa shape index (κ1) is 20.7. The number of nitrogens with two attached hydrogens (primary N) is 2. The molecule has 2 atom stereocenters. The Morgan fingerprint density at radius 2 is 2.09 bits per heavy atom. The number of halogens is 1. The fraction of sp³-hybridized carbons (Fsp3) is 0.571. The van der Waals surface area contributed by atoms with Gasteiger partial charge < -0.3 is 22.1 Å². The quantitative estimate of drug-likeness (QED) is 0.547. The van der Waals surface area contributed by atoms with Crippen LogP contribution >= 0.6 is 23.7 Å². The van der Waals surface area contributed by atoms with Crippen molar-refractivity contribution < 1.29 is 9.59 Å². The van der Waals surface area contributed by atoms with Crippen LogP contribution in [-0.4, -0.2) is 24.5 Å². The first-order valence-electron chi connectivity index (χ1n) is 7.15. The van der Waals surface area contributed by atoms with E-state index >= 15 is 0 Å². The number of amides is 3. The third kappa shape index (κ3) is 7.63. The molecule has 0 aromatic carbocycles. The molecule has 8 heteroatoms. The molecule has 0 aliphatic heterocycles. The van der Waals surface area contributed by atoms with E-state index in [1.54, 1.807) is 0 Å². The number of carbonyl (C=O) groups excluding carboxylic acids is 2. The van der Waals surface area contributed by atoms with Gasteiger partial charge in [-0.2, -0.15) is 0 Å². The van der Waals surface area contributed by atoms with E-state index in [-0.39, 0.29) is 30.8 Å². The minimum atomic E-state index is -0.637. The van der Waals surface area contributed by atoms with Crippen LogP contribution in [0.25, 0.3) is 0 Å². The lowest BCUT2D eigenvalue weighted by Gasteiger charge is -2.20. The lowest BCUT2D eigenvalue weighted by atomic mass is 10.1. The third-order valence-corrected chi connectivity index (χ3v) is 4.13. The molecule has 0 radical (unpaired) electrons. The maximum absolute atomic E-state index is 12.1. The molecule has 0 aliphatic carbocycles. The van der Waals surface area contributed by atoms with Crippen molar-refractivity contribution in [3.05, 3.63) is 22.4 Å². The molecule has 1 aromatic heterocycles. The smallest absolute Gasteiger partial charge is 0.312 e. The average molecular weight is 349 g/mol. The molecule has 22 heavy (non-hydrogen) atoms. The second-order valence-electron chi connectivity index (χ2n) is 4.92. The van der Waals surface area contributed by atoms with Crippen LogP contribution in [0.2, 0.25) is 0 Å². The van der Waals surface area contributed by atoms with E-state index in [2.05, 4.69) is 17.6 Å². The zero-order chi connectivity index (χ0) is 15.7. The van der Waals surface area contributed by atoms with Gasteiger partial charge in [0.05, 0.1) is 12.5 Å². The number of urea groups is 1. The number of primary amides is 1. The van der Waals surface area contributed by atoms with Gasteiger partial charge in [0.1, 0.15) is 0 Å². The highest BCUT2D eigenvalue weighted by molar-refractivity contribution is 7.10. The van der Waals surface area contributed by atoms with E-state index < -0.39 is 12.1 Å². The summed E-state index contributed by atoms with van der Waals surface area (Å²) in [6, 6.07) is 2.69. The Bertz CT molecular complexity index is 442. The van der Waals surface area contributed by atoms with Gasteiger partial charge >= 0.3 is 6.03 Å². The van der Waals surface area contributed by atoms with Crippen molar-refractivity contribution in [1.82, 2.24) is 10.6 Å². The van der Waals surface area contributed by atoms with Gasteiger partial charge in [-0.1, -0.05) is 25.8 Å². The summed E-state index contributed by atoms with van der Waals surface area (Å²) in [4.78, 5) is 24.1. The molecule has 0 aliphatic rings. The first-order chi connectivity index (χ1) is 10.1. The molecule has 6 N–H and O–H groups in total. The number of rotatable bonds is 9. The fourth-order valence-electron chi connectivity index (χ4n) is 2.06. The van der Waals surface area contributed by atoms with Crippen LogP contribution in [0.1, 0.15) is 43.5 Å². The van der Waals surface area contributed by atoms with Gasteiger partial charge in [-0.05, 0) is 17.9 Å². The summed E-state index contributed by atoms with van der Waals surface area (Å²) < 4.78 is 0. The molecule has 0 spiro atoms. The molecular formula is C14H25ClN4O2S. The fourth-order valence-corrected chi connectivity index (χ4v) is 2.83. The minimum Gasteiger partial charge on any atom is -0.352 e. The highest BCUT2D eigenvalue weighted by Gasteiger charge is 2.19. The zero-order valence-electron chi connectivity index (χ0n) is 12.7. The summed E-state index contributed by atoms with van der Waals surface area (Å²) in [5.41, 5.74) is 10.8. The highest BCUT2D eigenvalue weighted by atomic mass is 35.5. The molecule has 3 amide bonds. The van der Waals surface area contributed by atoms with Crippen molar-refractivity contribution in [1.29, 1.82) is 0 Å². The largest absolute Gasteiger partial charge is 0.352 e. The van der Waals surface area contributed by atoms with Crippen LogP contribution in [0.3, 0.4) is 0 Å². The summed E-state index contributed by atoms with van der Waals surface area (Å²) in [5, 5.41) is 7.42. The lowest BCUT2D eigenvalue weighted by Crippen LogP contribution is -2.42. The van der Waals surface area contributed by atoms with Crippen LogP contribution < -0.4 is 22.1 Å². The number of carbonyl (C=O) groups is 2. The molecule has 1 rings (SSSR count). The van der Waals surface area contributed by atoms with Gasteiger partial charge in [-0.15, -0.1) is 23.7 Å². The van der Waals surface area contributed by atoms with E-state index in [0.29, 0.717) is 6.54 Å². The van der Waals surface area contributed by atoms with Crippen molar-refractivity contribution in [2.75, 3.05) is 6.54 Å². The first-order valence-corrected chi connectivity index (χ1v) is 8.03. The van der Waals surface area contributed by atoms with Crippen molar-refractivity contribution in [2.45, 2.75) is 44.7 Å². The Balaban J connectivity index is 0.00000441.